The topological polar surface area (TPSA) is 46.3 Å². The fourth-order valence-corrected chi connectivity index (χ4v) is 3.07. The summed E-state index contributed by atoms with van der Waals surface area (Å²) in [6.45, 7) is 4.33. The molecule has 3 aromatic heterocycles. The van der Waals surface area contributed by atoms with E-state index in [4.69, 9.17) is 0 Å². The first kappa shape index (κ1) is 14.0. The zero-order chi connectivity index (χ0) is 14.8. The smallest absolute Gasteiger partial charge is 0.254 e. The van der Waals surface area contributed by atoms with Crippen LogP contribution in [0.2, 0.25) is 0 Å². The molecule has 0 fully saturated rings. The molecule has 0 saturated heterocycles. The molecule has 3 heterocycles. The lowest BCUT2D eigenvalue weighted by atomic mass is 10.1. The molecule has 3 rings (SSSR count). The number of aromatic nitrogens is 4. The molecule has 1 atom stereocenters. The van der Waals surface area contributed by atoms with Crippen LogP contribution >= 0.6 is 11.3 Å². The largest absolute Gasteiger partial charge is 0.356 e. The fraction of sp³-hybridized carbons (Fsp3) is 0.400. The summed E-state index contributed by atoms with van der Waals surface area (Å²) in [6, 6.07) is 4.66. The van der Waals surface area contributed by atoms with Gasteiger partial charge in [-0.15, -0.1) is 0 Å². The van der Waals surface area contributed by atoms with Crippen molar-refractivity contribution in [2.45, 2.75) is 32.7 Å². The van der Waals surface area contributed by atoms with Crippen LogP contribution < -0.4 is 4.90 Å². The van der Waals surface area contributed by atoms with Gasteiger partial charge in [-0.25, -0.2) is 4.98 Å². The molecule has 1 unspecified atom stereocenters. The Balaban J connectivity index is 1.92. The standard InChI is InChI=1S/C15H19N5S/c1-4-13-8-14(20-15(18-13)16-10-17-20)19(3)11(2)7-12-5-6-21-9-12/h5-6,8-11H,4,7H2,1-3H3. The highest BCUT2D eigenvalue weighted by molar-refractivity contribution is 7.07. The van der Waals surface area contributed by atoms with Crippen LogP contribution in [0.1, 0.15) is 25.1 Å². The van der Waals surface area contributed by atoms with E-state index in [1.54, 1.807) is 17.7 Å². The van der Waals surface area contributed by atoms with Gasteiger partial charge in [0.2, 0.25) is 0 Å². The first-order valence-corrected chi connectivity index (χ1v) is 8.07. The summed E-state index contributed by atoms with van der Waals surface area (Å²) in [5.41, 5.74) is 2.42. The summed E-state index contributed by atoms with van der Waals surface area (Å²) in [4.78, 5) is 11.0. The van der Waals surface area contributed by atoms with Crippen molar-refractivity contribution in [2.75, 3.05) is 11.9 Å². The van der Waals surface area contributed by atoms with Crippen LogP contribution in [0.25, 0.3) is 5.78 Å². The third kappa shape index (κ3) is 2.76. The number of likely N-dealkylation sites (N-methyl/N-ethyl adjacent to an activating group) is 1. The summed E-state index contributed by atoms with van der Waals surface area (Å²) >= 11 is 1.74. The molecular formula is C15H19N5S. The van der Waals surface area contributed by atoms with E-state index >= 15 is 0 Å². The molecule has 5 nitrogen and oxygen atoms in total. The molecule has 6 heteroatoms. The molecule has 0 aromatic carbocycles. The van der Waals surface area contributed by atoms with Crippen molar-refractivity contribution in [3.63, 3.8) is 0 Å². The van der Waals surface area contributed by atoms with Crippen molar-refractivity contribution in [1.82, 2.24) is 19.6 Å². The Morgan fingerprint density at radius 2 is 2.29 bits per heavy atom. The highest BCUT2D eigenvalue weighted by Gasteiger charge is 2.16. The Morgan fingerprint density at radius 3 is 3.00 bits per heavy atom. The van der Waals surface area contributed by atoms with E-state index in [-0.39, 0.29) is 0 Å². The van der Waals surface area contributed by atoms with Gasteiger partial charge in [0.15, 0.2) is 0 Å². The molecule has 0 bridgehead atoms. The van der Waals surface area contributed by atoms with Crippen LogP contribution in [0.15, 0.2) is 29.2 Å². The minimum absolute atomic E-state index is 0.374. The van der Waals surface area contributed by atoms with E-state index in [1.165, 1.54) is 5.56 Å². The Morgan fingerprint density at radius 1 is 1.43 bits per heavy atom. The summed E-state index contributed by atoms with van der Waals surface area (Å²) in [5.74, 6) is 1.70. The average molecular weight is 301 g/mol. The Bertz CT molecular complexity index is 719. The van der Waals surface area contributed by atoms with E-state index in [2.05, 4.69) is 63.8 Å². The number of hydrogen-bond acceptors (Lipinski definition) is 5. The lowest BCUT2D eigenvalue weighted by Gasteiger charge is -2.27. The van der Waals surface area contributed by atoms with Gasteiger partial charge in [0, 0.05) is 24.8 Å². The number of thiophene rings is 1. The maximum Gasteiger partial charge on any atom is 0.254 e. The van der Waals surface area contributed by atoms with Crippen LogP contribution in [-0.4, -0.2) is 32.7 Å². The molecule has 0 spiro atoms. The minimum atomic E-state index is 0.374. The normalized spacial score (nSPS) is 12.7. The molecule has 21 heavy (non-hydrogen) atoms. The van der Waals surface area contributed by atoms with Crippen LogP contribution in [0, 0.1) is 0 Å². The molecule has 0 saturated carbocycles. The predicted octanol–water partition coefficient (Wildman–Crippen LogP) is 2.82. The molecule has 0 aliphatic rings. The maximum atomic E-state index is 4.50. The van der Waals surface area contributed by atoms with Crippen LogP contribution in [0.5, 0.6) is 0 Å². The quantitative estimate of drug-likeness (QED) is 0.727. The van der Waals surface area contributed by atoms with Gasteiger partial charge in [0.1, 0.15) is 12.1 Å². The van der Waals surface area contributed by atoms with Crippen molar-refractivity contribution in [1.29, 1.82) is 0 Å². The zero-order valence-electron chi connectivity index (χ0n) is 12.5. The number of hydrogen-bond donors (Lipinski definition) is 0. The van der Waals surface area contributed by atoms with E-state index < -0.39 is 0 Å². The van der Waals surface area contributed by atoms with Gasteiger partial charge < -0.3 is 4.90 Å². The third-order valence-electron chi connectivity index (χ3n) is 3.78. The van der Waals surface area contributed by atoms with Gasteiger partial charge in [0.25, 0.3) is 5.78 Å². The number of rotatable bonds is 5. The van der Waals surface area contributed by atoms with Crippen molar-refractivity contribution in [2.24, 2.45) is 0 Å². The molecule has 0 aliphatic heterocycles. The van der Waals surface area contributed by atoms with Crippen LogP contribution in [0.3, 0.4) is 0 Å². The second-order valence-electron chi connectivity index (χ2n) is 5.23. The van der Waals surface area contributed by atoms with Crippen molar-refractivity contribution in [3.05, 3.63) is 40.5 Å². The summed E-state index contributed by atoms with van der Waals surface area (Å²) in [5, 5.41) is 8.63. The number of anilines is 1. The number of aryl methyl sites for hydroxylation is 1. The van der Waals surface area contributed by atoms with Gasteiger partial charge in [-0.2, -0.15) is 25.9 Å². The summed E-state index contributed by atoms with van der Waals surface area (Å²) in [6.07, 6.45) is 3.46. The summed E-state index contributed by atoms with van der Waals surface area (Å²) < 4.78 is 1.81. The highest BCUT2D eigenvalue weighted by Crippen LogP contribution is 2.20. The number of nitrogens with zero attached hydrogens (tertiary/aromatic N) is 5. The Labute approximate surface area is 128 Å². The van der Waals surface area contributed by atoms with Gasteiger partial charge >= 0.3 is 0 Å². The third-order valence-corrected chi connectivity index (χ3v) is 4.51. The van der Waals surface area contributed by atoms with E-state index in [9.17, 15) is 0 Å². The first-order chi connectivity index (χ1) is 10.2. The Kier molecular flexibility index (Phi) is 3.88. The second-order valence-corrected chi connectivity index (χ2v) is 6.01. The molecule has 0 aliphatic carbocycles. The van der Waals surface area contributed by atoms with Crippen molar-refractivity contribution >= 4 is 22.9 Å². The lowest BCUT2D eigenvalue weighted by molar-refractivity contribution is 0.662. The summed E-state index contributed by atoms with van der Waals surface area (Å²) in [7, 11) is 2.10. The van der Waals surface area contributed by atoms with Crippen LogP contribution in [0.4, 0.5) is 5.82 Å². The van der Waals surface area contributed by atoms with Gasteiger partial charge in [0.05, 0.1) is 0 Å². The van der Waals surface area contributed by atoms with Crippen molar-refractivity contribution < 1.29 is 0 Å². The van der Waals surface area contributed by atoms with Gasteiger partial charge in [-0.1, -0.05) is 6.92 Å². The predicted molar refractivity (Wildman–Crippen MR) is 86.0 cm³/mol. The van der Waals surface area contributed by atoms with E-state index in [0.29, 0.717) is 11.8 Å². The van der Waals surface area contributed by atoms with E-state index in [1.807, 2.05) is 4.52 Å². The molecule has 0 N–H and O–H groups in total. The molecule has 110 valence electrons. The lowest BCUT2D eigenvalue weighted by Crippen LogP contribution is -2.32. The van der Waals surface area contributed by atoms with Gasteiger partial charge in [-0.3, -0.25) is 0 Å². The second kappa shape index (κ2) is 5.81. The van der Waals surface area contributed by atoms with Crippen molar-refractivity contribution in [3.8, 4) is 0 Å². The monoisotopic (exact) mass is 301 g/mol. The van der Waals surface area contributed by atoms with Gasteiger partial charge in [-0.05, 0) is 42.2 Å². The van der Waals surface area contributed by atoms with Crippen LogP contribution in [-0.2, 0) is 12.8 Å². The average Bonchev–Trinajstić information content (AvgIpc) is 3.15. The first-order valence-electron chi connectivity index (χ1n) is 7.12. The minimum Gasteiger partial charge on any atom is -0.356 e. The SMILES string of the molecule is CCc1cc(N(C)C(C)Cc2ccsc2)n2ncnc2n1. The zero-order valence-corrected chi connectivity index (χ0v) is 13.3. The number of fused-ring (bicyclic) bond motifs is 1. The maximum absolute atomic E-state index is 4.50. The molecule has 0 radical (unpaired) electrons. The van der Waals surface area contributed by atoms with E-state index in [0.717, 1.165) is 24.4 Å². The highest BCUT2D eigenvalue weighted by atomic mass is 32.1. The fourth-order valence-electron chi connectivity index (χ4n) is 2.39. The molecule has 0 amide bonds. The Hall–Kier alpha value is -1.95. The molecular weight excluding hydrogens is 282 g/mol. The molecule has 3 aromatic rings.